The molecule has 1 heterocycles. The molecule has 0 bridgehead atoms. The quantitative estimate of drug-likeness (QED) is 0.797. The minimum Gasteiger partial charge on any atom is -0.298 e. The Hall–Kier alpha value is -2.03. The molecule has 0 aliphatic heterocycles. The lowest BCUT2D eigenvalue weighted by atomic mass is 10.3. The lowest BCUT2D eigenvalue weighted by molar-refractivity contribution is 0.112. The zero-order valence-electron chi connectivity index (χ0n) is 9.40. The van der Waals surface area contributed by atoms with Gasteiger partial charge in [-0.3, -0.25) is 14.9 Å². The number of para-hydroxylation sites is 1. The summed E-state index contributed by atoms with van der Waals surface area (Å²) in [6.45, 7) is 3.89. The van der Waals surface area contributed by atoms with Gasteiger partial charge in [-0.25, -0.2) is 0 Å². The SMILES string of the molecule is Cc1cc(C=O)c(C)n1Nc1ccccc1. The lowest BCUT2D eigenvalue weighted by Crippen LogP contribution is -2.12. The lowest BCUT2D eigenvalue weighted by Gasteiger charge is -2.12. The number of carbonyl (C=O) groups excluding carboxylic acids is 1. The molecule has 2 aromatic rings. The van der Waals surface area contributed by atoms with Crippen LogP contribution in [0.4, 0.5) is 5.69 Å². The van der Waals surface area contributed by atoms with Crippen molar-refractivity contribution in [1.82, 2.24) is 4.68 Å². The Labute approximate surface area is 94.7 Å². The van der Waals surface area contributed by atoms with Crippen LogP contribution in [0.15, 0.2) is 36.4 Å². The third-order valence-electron chi connectivity index (χ3n) is 2.61. The van der Waals surface area contributed by atoms with Crippen molar-refractivity contribution in [3.8, 4) is 0 Å². The summed E-state index contributed by atoms with van der Waals surface area (Å²) in [5, 5.41) is 0. The summed E-state index contributed by atoms with van der Waals surface area (Å²) in [6, 6.07) is 11.8. The average molecular weight is 214 g/mol. The van der Waals surface area contributed by atoms with Crippen molar-refractivity contribution >= 4 is 12.0 Å². The van der Waals surface area contributed by atoms with Gasteiger partial charge < -0.3 is 0 Å². The standard InChI is InChI=1S/C13H14N2O/c1-10-8-12(9-16)11(2)15(10)14-13-6-4-3-5-7-13/h3-9,14H,1-2H3. The van der Waals surface area contributed by atoms with Gasteiger partial charge in [-0.05, 0) is 32.0 Å². The molecule has 3 nitrogen and oxygen atoms in total. The van der Waals surface area contributed by atoms with E-state index in [4.69, 9.17) is 0 Å². The fraction of sp³-hybridized carbons (Fsp3) is 0.154. The highest BCUT2D eigenvalue weighted by Gasteiger charge is 2.07. The number of anilines is 1. The molecule has 0 aliphatic carbocycles. The Kier molecular flexibility index (Phi) is 2.77. The molecule has 0 unspecified atom stereocenters. The minimum absolute atomic E-state index is 0.723. The summed E-state index contributed by atoms with van der Waals surface area (Å²) >= 11 is 0. The van der Waals surface area contributed by atoms with Gasteiger partial charge in [0.05, 0.1) is 5.69 Å². The highest BCUT2D eigenvalue weighted by Crippen LogP contribution is 2.14. The number of carbonyl (C=O) groups is 1. The Morgan fingerprint density at radius 1 is 1.19 bits per heavy atom. The van der Waals surface area contributed by atoms with Gasteiger partial charge in [-0.1, -0.05) is 18.2 Å². The number of aromatic nitrogens is 1. The van der Waals surface area contributed by atoms with Crippen molar-refractivity contribution in [3.63, 3.8) is 0 Å². The van der Waals surface area contributed by atoms with E-state index in [0.717, 1.165) is 28.9 Å². The van der Waals surface area contributed by atoms with Crippen LogP contribution in [0.3, 0.4) is 0 Å². The van der Waals surface area contributed by atoms with Crippen molar-refractivity contribution in [1.29, 1.82) is 0 Å². The first-order valence-electron chi connectivity index (χ1n) is 5.18. The highest BCUT2D eigenvalue weighted by atomic mass is 16.1. The normalized spacial score (nSPS) is 10.1. The van der Waals surface area contributed by atoms with Crippen LogP contribution in [0, 0.1) is 13.8 Å². The van der Waals surface area contributed by atoms with E-state index in [9.17, 15) is 4.79 Å². The van der Waals surface area contributed by atoms with Crippen LogP contribution in [0.2, 0.25) is 0 Å². The van der Waals surface area contributed by atoms with Crippen LogP contribution >= 0.6 is 0 Å². The molecule has 3 heteroatoms. The Morgan fingerprint density at radius 2 is 1.88 bits per heavy atom. The second kappa shape index (κ2) is 4.23. The number of aldehydes is 1. The average Bonchev–Trinajstić information content (AvgIpc) is 2.58. The van der Waals surface area contributed by atoms with Gasteiger partial charge in [0.15, 0.2) is 6.29 Å². The van der Waals surface area contributed by atoms with Crippen molar-refractivity contribution in [2.75, 3.05) is 5.43 Å². The Morgan fingerprint density at radius 3 is 2.44 bits per heavy atom. The largest absolute Gasteiger partial charge is 0.298 e. The zero-order valence-corrected chi connectivity index (χ0v) is 9.40. The van der Waals surface area contributed by atoms with E-state index in [1.165, 1.54) is 0 Å². The molecule has 0 saturated heterocycles. The fourth-order valence-corrected chi connectivity index (χ4v) is 1.72. The molecule has 0 spiro atoms. The van der Waals surface area contributed by atoms with Crippen LogP contribution in [0.5, 0.6) is 0 Å². The van der Waals surface area contributed by atoms with Crippen LogP contribution < -0.4 is 5.43 Å². The van der Waals surface area contributed by atoms with E-state index in [2.05, 4.69) is 5.43 Å². The molecule has 0 radical (unpaired) electrons. The maximum atomic E-state index is 10.8. The summed E-state index contributed by atoms with van der Waals surface area (Å²) in [6.07, 6.45) is 0.880. The van der Waals surface area contributed by atoms with Crippen molar-refractivity contribution in [2.24, 2.45) is 0 Å². The molecule has 0 aliphatic rings. The molecular weight excluding hydrogens is 200 g/mol. The van der Waals surface area contributed by atoms with Crippen LogP contribution in [0.25, 0.3) is 0 Å². The third-order valence-corrected chi connectivity index (χ3v) is 2.61. The first-order chi connectivity index (χ1) is 7.72. The van der Waals surface area contributed by atoms with Gasteiger partial charge in [0.2, 0.25) is 0 Å². The molecule has 2 rings (SSSR count). The summed E-state index contributed by atoms with van der Waals surface area (Å²) in [7, 11) is 0. The van der Waals surface area contributed by atoms with Gasteiger partial charge in [-0.2, -0.15) is 0 Å². The van der Waals surface area contributed by atoms with Crippen LogP contribution in [-0.4, -0.2) is 11.0 Å². The maximum absolute atomic E-state index is 10.8. The molecule has 82 valence electrons. The molecule has 1 aromatic heterocycles. The second-order valence-corrected chi connectivity index (χ2v) is 3.76. The number of hydrogen-bond acceptors (Lipinski definition) is 2. The molecule has 1 N–H and O–H groups in total. The summed E-state index contributed by atoms with van der Waals surface area (Å²) < 4.78 is 1.92. The van der Waals surface area contributed by atoms with E-state index >= 15 is 0 Å². The fourth-order valence-electron chi connectivity index (χ4n) is 1.72. The topological polar surface area (TPSA) is 34.0 Å². The van der Waals surface area contributed by atoms with E-state index < -0.39 is 0 Å². The Bertz CT molecular complexity index is 500. The minimum atomic E-state index is 0.723. The molecule has 0 atom stereocenters. The maximum Gasteiger partial charge on any atom is 0.151 e. The molecule has 1 aromatic carbocycles. The number of aryl methyl sites for hydroxylation is 1. The zero-order chi connectivity index (χ0) is 11.5. The van der Waals surface area contributed by atoms with E-state index in [1.54, 1.807) is 0 Å². The highest BCUT2D eigenvalue weighted by molar-refractivity contribution is 5.77. The predicted octanol–water partition coefficient (Wildman–Crippen LogP) is 2.79. The molecule has 0 fully saturated rings. The number of rotatable bonds is 3. The van der Waals surface area contributed by atoms with Gasteiger partial charge in [-0.15, -0.1) is 0 Å². The number of nitrogens with one attached hydrogen (secondary N) is 1. The van der Waals surface area contributed by atoms with Crippen molar-refractivity contribution in [2.45, 2.75) is 13.8 Å². The van der Waals surface area contributed by atoms with Gasteiger partial charge in [0.1, 0.15) is 0 Å². The third kappa shape index (κ3) is 1.84. The smallest absolute Gasteiger partial charge is 0.151 e. The summed E-state index contributed by atoms with van der Waals surface area (Å²) in [5.41, 5.74) is 6.92. The van der Waals surface area contributed by atoms with Gasteiger partial charge in [0.25, 0.3) is 0 Å². The summed E-state index contributed by atoms with van der Waals surface area (Å²) in [5.74, 6) is 0. The molecule has 0 saturated carbocycles. The van der Waals surface area contributed by atoms with E-state index in [-0.39, 0.29) is 0 Å². The Balaban J connectivity index is 2.35. The molecular formula is C13H14N2O. The number of hydrogen-bond donors (Lipinski definition) is 1. The van der Waals surface area contributed by atoms with Crippen LogP contribution in [-0.2, 0) is 0 Å². The number of nitrogens with zero attached hydrogens (tertiary/aromatic N) is 1. The van der Waals surface area contributed by atoms with Crippen molar-refractivity contribution < 1.29 is 4.79 Å². The van der Waals surface area contributed by atoms with E-state index in [0.29, 0.717) is 0 Å². The van der Waals surface area contributed by atoms with E-state index in [1.807, 2.05) is 54.9 Å². The van der Waals surface area contributed by atoms with Crippen LogP contribution in [0.1, 0.15) is 21.7 Å². The monoisotopic (exact) mass is 214 g/mol. The summed E-state index contributed by atoms with van der Waals surface area (Å²) in [4.78, 5) is 10.8. The molecule has 16 heavy (non-hydrogen) atoms. The second-order valence-electron chi connectivity index (χ2n) is 3.76. The van der Waals surface area contributed by atoms with Gasteiger partial charge in [0, 0.05) is 17.0 Å². The molecule has 0 amide bonds. The van der Waals surface area contributed by atoms with Gasteiger partial charge >= 0.3 is 0 Å². The number of benzene rings is 1. The predicted molar refractivity (Wildman–Crippen MR) is 64.8 cm³/mol. The first-order valence-corrected chi connectivity index (χ1v) is 5.18. The first kappa shape index (κ1) is 10.5. The van der Waals surface area contributed by atoms with Crippen molar-refractivity contribution in [3.05, 3.63) is 53.3 Å².